The SMILES string of the molecule is Cc1cccc2c1N(CCN1CCN(Cc3ccccc3)CC1)C(=O)C2=O. The summed E-state index contributed by atoms with van der Waals surface area (Å²) >= 11 is 0. The van der Waals surface area contributed by atoms with E-state index >= 15 is 0 Å². The van der Waals surface area contributed by atoms with E-state index in [0.717, 1.165) is 50.5 Å². The summed E-state index contributed by atoms with van der Waals surface area (Å²) in [5.74, 6) is -0.761. The predicted octanol–water partition coefficient (Wildman–Crippen LogP) is 2.34. The van der Waals surface area contributed by atoms with Crippen LogP contribution in [0.5, 0.6) is 0 Å². The van der Waals surface area contributed by atoms with Gasteiger partial charge in [0.2, 0.25) is 0 Å². The number of carbonyl (C=O) groups is 2. The zero-order valence-corrected chi connectivity index (χ0v) is 15.7. The van der Waals surface area contributed by atoms with Crippen LogP contribution in [0.25, 0.3) is 0 Å². The lowest BCUT2D eigenvalue weighted by Crippen LogP contribution is -2.48. The summed E-state index contributed by atoms with van der Waals surface area (Å²) in [6.45, 7) is 8.34. The highest BCUT2D eigenvalue weighted by atomic mass is 16.2. The summed E-state index contributed by atoms with van der Waals surface area (Å²) in [5, 5.41) is 0. The lowest BCUT2D eigenvalue weighted by molar-refractivity contribution is -0.114. The van der Waals surface area contributed by atoms with Crippen molar-refractivity contribution in [2.75, 3.05) is 44.2 Å². The summed E-state index contributed by atoms with van der Waals surface area (Å²) in [7, 11) is 0. The fraction of sp³-hybridized carbons (Fsp3) is 0.364. The van der Waals surface area contributed by atoms with Crippen LogP contribution in [-0.4, -0.2) is 60.8 Å². The topological polar surface area (TPSA) is 43.9 Å². The molecule has 0 unspecified atom stereocenters. The summed E-state index contributed by atoms with van der Waals surface area (Å²) in [6.07, 6.45) is 0. The van der Waals surface area contributed by atoms with Gasteiger partial charge in [0.05, 0.1) is 11.3 Å². The van der Waals surface area contributed by atoms with Gasteiger partial charge in [0.25, 0.3) is 11.7 Å². The van der Waals surface area contributed by atoms with Crippen molar-refractivity contribution < 1.29 is 9.59 Å². The second kappa shape index (κ2) is 7.62. The quantitative estimate of drug-likeness (QED) is 0.765. The lowest BCUT2D eigenvalue weighted by Gasteiger charge is -2.35. The molecular formula is C22H25N3O2. The number of rotatable bonds is 5. The molecule has 0 spiro atoms. The van der Waals surface area contributed by atoms with E-state index < -0.39 is 0 Å². The highest BCUT2D eigenvalue weighted by Crippen LogP contribution is 2.31. The van der Waals surface area contributed by atoms with Crippen LogP contribution in [-0.2, 0) is 11.3 Å². The van der Waals surface area contributed by atoms with Crippen LogP contribution in [0.4, 0.5) is 5.69 Å². The van der Waals surface area contributed by atoms with E-state index in [1.54, 1.807) is 11.0 Å². The van der Waals surface area contributed by atoms with Crippen LogP contribution >= 0.6 is 0 Å². The molecule has 2 aliphatic rings. The van der Waals surface area contributed by atoms with E-state index in [1.165, 1.54) is 5.56 Å². The number of para-hydroxylation sites is 1. The van der Waals surface area contributed by atoms with Gasteiger partial charge in [0.15, 0.2) is 0 Å². The molecule has 27 heavy (non-hydrogen) atoms. The number of nitrogens with zero attached hydrogens (tertiary/aromatic N) is 3. The number of benzene rings is 2. The molecule has 0 N–H and O–H groups in total. The van der Waals surface area contributed by atoms with Crippen LogP contribution in [0.15, 0.2) is 48.5 Å². The molecule has 5 nitrogen and oxygen atoms in total. The Morgan fingerprint density at radius 3 is 2.26 bits per heavy atom. The van der Waals surface area contributed by atoms with Gasteiger partial charge in [0, 0.05) is 45.8 Å². The number of fused-ring (bicyclic) bond motifs is 1. The summed E-state index contributed by atoms with van der Waals surface area (Å²) in [4.78, 5) is 31.1. The van der Waals surface area contributed by atoms with Gasteiger partial charge in [-0.25, -0.2) is 0 Å². The zero-order chi connectivity index (χ0) is 18.8. The Hall–Kier alpha value is -2.50. The number of piperazine rings is 1. The number of carbonyl (C=O) groups excluding carboxylic acids is 2. The molecule has 5 heteroatoms. The fourth-order valence-electron chi connectivity index (χ4n) is 4.01. The first-order valence-corrected chi connectivity index (χ1v) is 9.58. The second-order valence-electron chi connectivity index (χ2n) is 7.36. The summed E-state index contributed by atoms with van der Waals surface area (Å²) in [5.41, 5.74) is 3.68. The molecule has 1 saturated heterocycles. The summed E-state index contributed by atoms with van der Waals surface area (Å²) in [6, 6.07) is 16.1. The number of hydrogen-bond acceptors (Lipinski definition) is 4. The Morgan fingerprint density at radius 1 is 0.815 bits per heavy atom. The minimum Gasteiger partial charge on any atom is -0.303 e. The van der Waals surface area contributed by atoms with E-state index in [4.69, 9.17) is 0 Å². The highest BCUT2D eigenvalue weighted by molar-refractivity contribution is 6.52. The molecule has 1 amide bonds. The fourth-order valence-corrected chi connectivity index (χ4v) is 4.01. The average molecular weight is 363 g/mol. The molecule has 140 valence electrons. The molecule has 4 rings (SSSR count). The number of aryl methyl sites for hydroxylation is 1. The average Bonchev–Trinajstić information content (AvgIpc) is 2.94. The molecule has 2 aromatic rings. The Labute approximate surface area is 160 Å². The van der Waals surface area contributed by atoms with Crippen molar-refractivity contribution in [1.29, 1.82) is 0 Å². The third-order valence-electron chi connectivity index (χ3n) is 5.55. The van der Waals surface area contributed by atoms with Crippen LogP contribution in [0.2, 0.25) is 0 Å². The lowest BCUT2D eigenvalue weighted by atomic mass is 10.1. The van der Waals surface area contributed by atoms with Crippen LogP contribution in [0.1, 0.15) is 21.5 Å². The van der Waals surface area contributed by atoms with Crippen LogP contribution in [0.3, 0.4) is 0 Å². The smallest absolute Gasteiger partial charge is 0.299 e. The largest absolute Gasteiger partial charge is 0.303 e. The number of amides is 1. The Kier molecular flexibility index (Phi) is 5.05. The number of ketones is 1. The minimum atomic E-state index is -0.387. The van der Waals surface area contributed by atoms with Gasteiger partial charge < -0.3 is 4.90 Å². The molecule has 0 bridgehead atoms. The van der Waals surface area contributed by atoms with E-state index in [0.29, 0.717) is 12.1 Å². The molecule has 2 aromatic carbocycles. The molecule has 2 heterocycles. The normalized spacial score (nSPS) is 18.2. The highest BCUT2D eigenvalue weighted by Gasteiger charge is 2.36. The van der Waals surface area contributed by atoms with Crippen LogP contribution in [0, 0.1) is 6.92 Å². The Balaban J connectivity index is 1.32. The Bertz CT molecular complexity index is 842. The maximum absolute atomic E-state index is 12.4. The first-order chi connectivity index (χ1) is 13.1. The molecule has 0 radical (unpaired) electrons. The van der Waals surface area contributed by atoms with Crippen molar-refractivity contribution in [2.45, 2.75) is 13.5 Å². The first kappa shape index (κ1) is 17.9. The van der Waals surface area contributed by atoms with Crippen LogP contribution < -0.4 is 4.90 Å². The van der Waals surface area contributed by atoms with Gasteiger partial charge in [0.1, 0.15) is 0 Å². The van der Waals surface area contributed by atoms with Gasteiger partial charge in [-0.1, -0.05) is 42.5 Å². The number of hydrogen-bond donors (Lipinski definition) is 0. The van der Waals surface area contributed by atoms with Gasteiger partial charge in [-0.2, -0.15) is 0 Å². The maximum Gasteiger partial charge on any atom is 0.299 e. The third kappa shape index (κ3) is 3.66. The molecule has 0 atom stereocenters. The molecule has 2 aliphatic heterocycles. The number of Topliss-reactive ketones (excluding diaryl/α,β-unsaturated/α-hetero) is 1. The van der Waals surface area contributed by atoms with Gasteiger partial charge in [-0.05, 0) is 24.1 Å². The van der Waals surface area contributed by atoms with Crippen molar-refractivity contribution in [3.63, 3.8) is 0 Å². The van der Waals surface area contributed by atoms with Gasteiger partial charge in [-0.15, -0.1) is 0 Å². The minimum absolute atomic E-state index is 0.374. The van der Waals surface area contributed by atoms with E-state index in [2.05, 4.69) is 34.1 Å². The first-order valence-electron chi connectivity index (χ1n) is 9.58. The second-order valence-corrected chi connectivity index (χ2v) is 7.36. The molecule has 1 fully saturated rings. The van der Waals surface area contributed by atoms with E-state index in [9.17, 15) is 9.59 Å². The van der Waals surface area contributed by atoms with E-state index in [1.807, 2.05) is 25.1 Å². The van der Waals surface area contributed by atoms with Gasteiger partial charge >= 0.3 is 0 Å². The maximum atomic E-state index is 12.4. The Morgan fingerprint density at radius 2 is 1.52 bits per heavy atom. The van der Waals surface area contributed by atoms with Gasteiger partial charge in [-0.3, -0.25) is 19.4 Å². The molecule has 0 saturated carbocycles. The van der Waals surface area contributed by atoms with E-state index in [-0.39, 0.29) is 11.7 Å². The molecular weight excluding hydrogens is 338 g/mol. The standard InChI is InChI=1S/C22H25N3O2/c1-17-6-5-9-19-20(17)25(22(27)21(19)26)15-14-23-10-12-24(13-11-23)16-18-7-3-2-4-8-18/h2-9H,10-16H2,1H3. The predicted molar refractivity (Wildman–Crippen MR) is 106 cm³/mol. The zero-order valence-electron chi connectivity index (χ0n) is 15.7. The molecule has 0 aliphatic carbocycles. The van der Waals surface area contributed by atoms with Crippen molar-refractivity contribution in [2.24, 2.45) is 0 Å². The monoisotopic (exact) mass is 363 g/mol. The molecule has 0 aromatic heterocycles. The number of anilines is 1. The van der Waals surface area contributed by atoms with Crippen molar-refractivity contribution in [3.8, 4) is 0 Å². The van der Waals surface area contributed by atoms with Crippen molar-refractivity contribution >= 4 is 17.4 Å². The van der Waals surface area contributed by atoms with Crippen molar-refractivity contribution in [3.05, 3.63) is 65.2 Å². The van der Waals surface area contributed by atoms with Crippen molar-refractivity contribution in [1.82, 2.24) is 9.80 Å². The summed E-state index contributed by atoms with van der Waals surface area (Å²) < 4.78 is 0. The third-order valence-corrected chi connectivity index (χ3v) is 5.55.